The third kappa shape index (κ3) is 5.89. The normalized spacial score (nSPS) is 15.5. The molecule has 7 nitrogen and oxygen atoms in total. The van der Waals surface area contributed by atoms with E-state index in [2.05, 4.69) is 10.3 Å². The number of nitrogens with zero attached hydrogens (tertiary/aromatic N) is 2. The number of anilines is 1. The highest BCUT2D eigenvalue weighted by molar-refractivity contribution is 5.81. The molecule has 3 aromatic rings. The van der Waals surface area contributed by atoms with Crippen molar-refractivity contribution >= 4 is 17.7 Å². The van der Waals surface area contributed by atoms with E-state index in [1.165, 1.54) is 11.0 Å². The number of pyridine rings is 1. The topological polar surface area (TPSA) is 91.8 Å². The van der Waals surface area contributed by atoms with Crippen molar-refractivity contribution in [3.63, 3.8) is 0 Å². The Morgan fingerprint density at radius 2 is 1.80 bits per heavy atom. The van der Waals surface area contributed by atoms with Crippen LogP contribution in [0.3, 0.4) is 0 Å². The molecule has 182 valence electrons. The number of halogens is 3. The number of aromatic nitrogens is 1. The Labute approximate surface area is 199 Å². The maximum Gasteiger partial charge on any atom is 0.433 e. The van der Waals surface area contributed by atoms with Crippen molar-refractivity contribution < 1.29 is 32.6 Å². The van der Waals surface area contributed by atoms with Gasteiger partial charge in [0.1, 0.15) is 23.0 Å². The van der Waals surface area contributed by atoms with E-state index in [-0.39, 0.29) is 36.8 Å². The molecule has 2 heterocycles. The third-order valence-corrected chi connectivity index (χ3v) is 5.52. The van der Waals surface area contributed by atoms with E-state index in [4.69, 9.17) is 4.74 Å². The maximum absolute atomic E-state index is 13.3. The third-order valence-electron chi connectivity index (χ3n) is 5.52. The van der Waals surface area contributed by atoms with E-state index >= 15 is 0 Å². The van der Waals surface area contributed by atoms with Crippen molar-refractivity contribution in [2.24, 2.45) is 0 Å². The van der Waals surface area contributed by atoms with Gasteiger partial charge in [-0.05, 0) is 35.9 Å². The SMILES string of the molecule is O=C(O)C[C@H]1c2ccc(C(F)(F)F)nc2NCCN1C(=O)Cc1cccc(Oc2ccccc2)c1. The summed E-state index contributed by atoms with van der Waals surface area (Å²) in [5.41, 5.74) is -0.208. The fourth-order valence-corrected chi connectivity index (χ4v) is 3.96. The lowest BCUT2D eigenvalue weighted by atomic mass is 10.0. The molecule has 10 heteroatoms. The van der Waals surface area contributed by atoms with Gasteiger partial charge in [-0.25, -0.2) is 4.98 Å². The van der Waals surface area contributed by atoms with Gasteiger partial charge in [-0.15, -0.1) is 0 Å². The number of rotatable bonds is 6. The van der Waals surface area contributed by atoms with Crippen LogP contribution in [0.4, 0.5) is 19.0 Å². The van der Waals surface area contributed by atoms with Crippen LogP contribution in [0.25, 0.3) is 0 Å². The zero-order chi connectivity index (χ0) is 25.0. The first-order valence-corrected chi connectivity index (χ1v) is 10.9. The average Bonchev–Trinajstić information content (AvgIpc) is 2.98. The van der Waals surface area contributed by atoms with E-state index in [1.54, 1.807) is 36.4 Å². The Hall–Kier alpha value is -4.08. The summed E-state index contributed by atoms with van der Waals surface area (Å²) >= 11 is 0. The molecule has 2 N–H and O–H groups in total. The number of nitrogens with one attached hydrogen (secondary N) is 1. The molecule has 0 radical (unpaired) electrons. The van der Waals surface area contributed by atoms with Gasteiger partial charge in [0.15, 0.2) is 0 Å². The van der Waals surface area contributed by atoms with Crippen molar-refractivity contribution in [3.05, 3.63) is 83.6 Å². The highest BCUT2D eigenvalue weighted by Gasteiger charge is 2.36. The molecule has 0 unspecified atom stereocenters. The van der Waals surface area contributed by atoms with Gasteiger partial charge in [0.05, 0.1) is 18.9 Å². The summed E-state index contributed by atoms with van der Waals surface area (Å²) in [6.07, 6.45) is -5.15. The minimum atomic E-state index is -4.65. The molecule has 0 saturated carbocycles. The van der Waals surface area contributed by atoms with Crippen LogP contribution < -0.4 is 10.1 Å². The lowest BCUT2D eigenvalue weighted by Gasteiger charge is -2.29. The number of aliphatic carboxylic acids is 1. The highest BCUT2D eigenvalue weighted by Crippen LogP contribution is 2.36. The van der Waals surface area contributed by atoms with Crippen molar-refractivity contribution in [2.45, 2.75) is 25.1 Å². The summed E-state index contributed by atoms with van der Waals surface area (Å²) in [7, 11) is 0. The summed E-state index contributed by atoms with van der Waals surface area (Å²) in [5, 5.41) is 12.3. The first kappa shape index (κ1) is 24.1. The van der Waals surface area contributed by atoms with E-state index in [1.807, 2.05) is 18.2 Å². The molecule has 1 atom stereocenters. The number of fused-ring (bicyclic) bond motifs is 1. The number of amides is 1. The largest absolute Gasteiger partial charge is 0.481 e. The van der Waals surface area contributed by atoms with Crippen LogP contribution in [0.5, 0.6) is 11.5 Å². The second-order valence-electron chi connectivity index (χ2n) is 8.00. The van der Waals surface area contributed by atoms with Gasteiger partial charge in [-0.1, -0.05) is 36.4 Å². The van der Waals surface area contributed by atoms with Crippen LogP contribution in [0.2, 0.25) is 0 Å². The molecular weight excluding hydrogens is 463 g/mol. The number of para-hydroxylation sites is 1. The van der Waals surface area contributed by atoms with Gasteiger partial charge >= 0.3 is 12.1 Å². The highest BCUT2D eigenvalue weighted by atomic mass is 19.4. The molecule has 0 fully saturated rings. The molecule has 2 aromatic carbocycles. The standard InChI is InChI=1S/C25H22F3N3O4/c26-25(27,28)21-10-9-19-20(15-23(33)34)31(12-11-29-24(19)30-21)22(32)14-16-5-4-8-18(13-16)35-17-6-2-1-3-7-17/h1-10,13,20H,11-12,14-15H2,(H,29,30)(H,33,34)/t20-/m0/s1. The number of carbonyl (C=O) groups excluding carboxylic acids is 1. The number of hydrogen-bond donors (Lipinski definition) is 2. The van der Waals surface area contributed by atoms with E-state index in [0.29, 0.717) is 17.1 Å². The van der Waals surface area contributed by atoms with Crippen molar-refractivity contribution in [3.8, 4) is 11.5 Å². The minimum absolute atomic E-state index is 0.0362. The fraction of sp³-hybridized carbons (Fsp3) is 0.240. The van der Waals surface area contributed by atoms with Gasteiger partial charge in [0, 0.05) is 18.7 Å². The molecule has 1 aliphatic heterocycles. The molecule has 1 aliphatic rings. The number of carboxylic acids is 1. The number of carbonyl (C=O) groups is 2. The fourth-order valence-electron chi connectivity index (χ4n) is 3.96. The number of alkyl halides is 3. The Balaban J connectivity index is 1.58. The lowest BCUT2D eigenvalue weighted by molar-refractivity contribution is -0.142. The van der Waals surface area contributed by atoms with Gasteiger partial charge in [0.25, 0.3) is 0 Å². The molecule has 4 rings (SSSR count). The monoisotopic (exact) mass is 485 g/mol. The zero-order valence-electron chi connectivity index (χ0n) is 18.5. The lowest BCUT2D eigenvalue weighted by Crippen LogP contribution is -2.38. The number of carboxylic acid groups (broad SMARTS) is 1. The molecule has 35 heavy (non-hydrogen) atoms. The first-order chi connectivity index (χ1) is 16.7. The van der Waals surface area contributed by atoms with Crippen LogP contribution in [-0.4, -0.2) is 40.0 Å². The van der Waals surface area contributed by atoms with Crippen LogP contribution >= 0.6 is 0 Å². The number of benzene rings is 2. The minimum Gasteiger partial charge on any atom is -0.481 e. The zero-order valence-corrected chi connectivity index (χ0v) is 18.5. The Bertz CT molecular complexity index is 1220. The summed E-state index contributed by atoms with van der Waals surface area (Å²) in [6.45, 7) is 0.231. The number of hydrogen-bond acceptors (Lipinski definition) is 5. The first-order valence-electron chi connectivity index (χ1n) is 10.9. The number of ether oxygens (including phenoxy) is 1. The Morgan fingerprint density at radius 1 is 1.06 bits per heavy atom. The van der Waals surface area contributed by atoms with Crippen molar-refractivity contribution in [1.29, 1.82) is 0 Å². The van der Waals surface area contributed by atoms with E-state index < -0.39 is 30.3 Å². The molecule has 0 bridgehead atoms. The van der Waals surface area contributed by atoms with Gasteiger partial charge < -0.3 is 20.1 Å². The molecule has 0 aliphatic carbocycles. The predicted molar refractivity (Wildman–Crippen MR) is 121 cm³/mol. The van der Waals surface area contributed by atoms with Crippen molar-refractivity contribution in [2.75, 3.05) is 18.4 Å². The Kier molecular flexibility index (Phi) is 6.90. The van der Waals surface area contributed by atoms with Gasteiger partial charge in [0.2, 0.25) is 5.91 Å². The summed E-state index contributed by atoms with van der Waals surface area (Å²) in [4.78, 5) is 29.9. The molecule has 1 aromatic heterocycles. The quantitative estimate of drug-likeness (QED) is 0.516. The summed E-state index contributed by atoms with van der Waals surface area (Å²) < 4.78 is 45.2. The second-order valence-corrected chi connectivity index (χ2v) is 8.00. The average molecular weight is 485 g/mol. The van der Waals surface area contributed by atoms with Gasteiger partial charge in [-0.3, -0.25) is 9.59 Å². The van der Waals surface area contributed by atoms with Crippen LogP contribution in [0.1, 0.15) is 29.3 Å². The maximum atomic E-state index is 13.3. The van der Waals surface area contributed by atoms with Crippen LogP contribution in [0.15, 0.2) is 66.7 Å². The second kappa shape index (κ2) is 10.0. The van der Waals surface area contributed by atoms with E-state index in [0.717, 1.165) is 6.07 Å². The summed E-state index contributed by atoms with van der Waals surface area (Å²) in [6, 6.07) is 17.1. The van der Waals surface area contributed by atoms with E-state index in [9.17, 15) is 27.9 Å². The summed E-state index contributed by atoms with van der Waals surface area (Å²) in [5.74, 6) is -0.435. The molecule has 0 spiro atoms. The van der Waals surface area contributed by atoms with Crippen molar-refractivity contribution in [1.82, 2.24) is 9.88 Å². The predicted octanol–water partition coefficient (Wildman–Crippen LogP) is 4.91. The molecular formula is C25H22F3N3O4. The smallest absolute Gasteiger partial charge is 0.433 e. The molecule has 0 saturated heterocycles. The Morgan fingerprint density at radius 3 is 2.51 bits per heavy atom. The van der Waals surface area contributed by atoms with Crippen LogP contribution in [-0.2, 0) is 22.2 Å². The van der Waals surface area contributed by atoms with Crippen LogP contribution in [0, 0.1) is 0 Å². The molecule has 1 amide bonds. The van der Waals surface area contributed by atoms with Gasteiger partial charge in [-0.2, -0.15) is 13.2 Å².